The Bertz CT molecular complexity index is 365. The second kappa shape index (κ2) is 5.72. The predicted molar refractivity (Wildman–Crippen MR) is 66.8 cm³/mol. The first kappa shape index (κ1) is 12.8. The van der Waals surface area contributed by atoms with Gasteiger partial charge < -0.3 is 21.5 Å². The number of hydrogen-bond donors (Lipinski definition) is 3. The van der Waals surface area contributed by atoms with Crippen molar-refractivity contribution < 1.29 is 9.53 Å². The molecule has 0 aliphatic rings. The molecule has 0 spiro atoms. The van der Waals surface area contributed by atoms with E-state index in [4.69, 9.17) is 16.2 Å². The number of nitrogens with one attached hydrogen (secondary N) is 1. The number of hydrogen-bond acceptors (Lipinski definition) is 5. The fourth-order valence-corrected chi connectivity index (χ4v) is 2.24. The maximum atomic E-state index is 11.0. The summed E-state index contributed by atoms with van der Waals surface area (Å²) < 4.78 is 5.07. The van der Waals surface area contributed by atoms with E-state index >= 15 is 0 Å². The number of nitrogens with two attached hydrogens (primary N) is 2. The van der Waals surface area contributed by atoms with Gasteiger partial charge in [-0.15, -0.1) is 11.3 Å². The Balaban J connectivity index is 2.73. The molecule has 0 aromatic carbocycles. The number of anilines is 2. The van der Waals surface area contributed by atoms with Gasteiger partial charge in [-0.25, -0.2) is 0 Å². The van der Waals surface area contributed by atoms with E-state index in [2.05, 4.69) is 12.2 Å². The zero-order valence-electron chi connectivity index (χ0n) is 9.45. The van der Waals surface area contributed by atoms with Crippen LogP contribution < -0.4 is 16.8 Å². The molecule has 0 bridgehead atoms. The minimum Gasteiger partial charge on any atom is -0.397 e. The van der Waals surface area contributed by atoms with E-state index in [1.807, 2.05) is 0 Å². The van der Waals surface area contributed by atoms with Crippen LogP contribution in [0.4, 0.5) is 10.7 Å². The van der Waals surface area contributed by atoms with Crippen molar-refractivity contribution in [2.24, 2.45) is 5.73 Å². The molecule has 6 heteroatoms. The molecule has 5 N–H and O–H groups in total. The van der Waals surface area contributed by atoms with Gasteiger partial charge in [0, 0.05) is 13.2 Å². The Morgan fingerprint density at radius 2 is 2.38 bits per heavy atom. The van der Waals surface area contributed by atoms with E-state index in [9.17, 15) is 4.79 Å². The molecule has 0 aliphatic carbocycles. The second-order valence-corrected chi connectivity index (χ2v) is 4.52. The molecular weight excluding hydrogens is 226 g/mol. The van der Waals surface area contributed by atoms with E-state index < -0.39 is 5.91 Å². The van der Waals surface area contributed by atoms with Crippen molar-refractivity contribution in [1.82, 2.24) is 0 Å². The number of amides is 1. The molecule has 16 heavy (non-hydrogen) atoms. The fourth-order valence-electron chi connectivity index (χ4n) is 1.33. The summed E-state index contributed by atoms with van der Waals surface area (Å²) in [6, 6.07) is 1.94. The monoisotopic (exact) mass is 243 g/mol. The molecule has 0 radical (unpaired) electrons. The Morgan fingerprint density at radius 3 is 2.81 bits per heavy atom. The number of rotatable bonds is 6. The molecule has 1 heterocycles. The van der Waals surface area contributed by atoms with E-state index in [-0.39, 0.29) is 6.04 Å². The van der Waals surface area contributed by atoms with E-state index in [0.29, 0.717) is 17.2 Å². The summed E-state index contributed by atoms with van der Waals surface area (Å²) in [5, 5.41) is 4.09. The lowest BCUT2D eigenvalue weighted by molar-refractivity contribution is 0.100. The second-order valence-electron chi connectivity index (χ2n) is 3.46. The molecular formula is C10H17N3O2S. The first-order chi connectivity index (χ1) is 7.58. The summed E-state index contributed by atoms with van der Waals surface area (Å²) in [6.45, 7) is 2.67. The van der Waals surface area contributed by atoms with Crippen molar-refractivity contribution >= 4 is 27.9 Å². The maximum absolute atomic E-state index is 11.0. The first-order valence-corrected chi connectivity index (χ1v) is 5.84. The van der Waals surface area contributed by atoms with Crippen LogP contribution in [0.1, 0.15) is 23.0 Å². The van der Waals surface area contributed by atoms with Gasteiger partial charge in [-0.05, 0) is 12.5 Å². The van der Waals surface area contributed by atoms with Gasteiger partial charge in [-0.2, -0.15) is 0 Å². The van der Waals surface area contributed by atoms with Crippen LogP contribution in [-0.4, -0.2) is 25.7 Å². The molecule has 0 aliphatic heterocycles. The van der Waals surface area contributed by atoms with Crippen LogP contribution in [0.25, 0.3) is 0 Å². The van der Waals surface area contributed by atoms with Gasteiger partial charge >= 0.3 is 0 Å². The van der Waals surface area contributed by atoms with Gasteiger partial charge in [-0.3, -0.25) is 4.79 Å². The summed E-state index contributed by atoms with van der Waals surface area (Å²) in [4.78, 5) is 11.4. The number of carbonyl (C=O) groups excluding carboxylic acids is 1. The molecule has 0 saturated carbocycles. The summed E-state index contributed by atoms with van der Waals surface area (Å²) in [5.74, 6) is -0.490. The number of carbonyl (C=O) groups is 1. The average Bonchev–Trinajstić information content (AvgIpc) is 2.59. The lowest BCUT2D eigenvalue weighted by atomic mass is 10.2. The van der Waals surface area contributed by atoms with E-state index in [0.717, 1.165) is 11.4 Å². The van der Waals surface area contributed by atoms with Gasteiger partial charge in [-0.1, -0.05) is 6.92 Å². The molecule has 1 unspecified atom stereocenters. The molecule has 1 aromatic heterocycles. The van der Waals surface area contributed by atoms with Crippen LogP contribution in [-0.2, 0) is 4.74 Å². The number of thiophene rings is 1. The normalized spacial score (nSPS) is 12.4. The highest BCUT2D eigenvalue weighted by atomic mass is 32.1. The van der Waals surface area contributed by atoms with E-state index in [1.165, 1.54) is 11.3 Å². The van der Waals surface area contributed by atoms with Gasteiger partial charge in [0.25, 0.3) is 5.91 Å². The fraction of sp³-hybridized carbons (Fsp3) is 0.500. The summed E-state index contributed by atoms with van der Waals surface area (Å²) in [5.41, 5.74) is 11.3. The molecule has 0 fully saturated rings. The van der Waals surface area contributed by atoms with Crippen molar-refractivity contribution in [2.45, 2.75) is 19.4 Å². The van der Waals surface area contributed by atoms with Crippen LogP contribution in [0.3, 0.4) is 0 Å². The smallest absolute Gasteiger partial charge is 0.260 e. The third-order valence-corrected chi connectivity index (χ3v) is 3.29. The third-order valence-electron chi connectivity index (χ3n) is 2.19. The van der Waals surface area contributed by atoms with Crippen molar-refractivity contribution in [2.75, 3.05) is 24.8 Å². The van der Waals surface area contributed by atoms with Crippen LogP contribution in [0, 0.1) is 0 Å². The number of methoxy groups -OCH3 is 1. The number of nitrogen functional groups attached to an aromatic ring is 1. The molecule has 90 valence electrons. The molecule has 5 nitrogen and oxygen atoms in total. The first-order valence-electron chi connectivity index (χ1n) is 5.03. The average molecular weight is 243 g/mol. The van der Waals surface area contributed by atoms with Crippen LogP contribution in [0.5, 0.6) is 0 Å². The lowest BCUT2D eigenvalue weighted by Gasteiger charge is -2.15. The molecule has 1 atom stereocenters. The Kier molecular flexibility index (Phi) is 4.57. The highest BCUT2D eigenvalue weighted by Gasteiger charge is 2.13. The summed E-state index contributed by atoms with van der Waals surface area (Å²) in [6.07, 6.45) is 0.928. The van der Waals surface area contributed by atoms with Gasteiger partial charge in [0.15, 0.2) is 0 Å². The minimum absolute atomic E-state index is 0.212. The highest BCUT2D eigenvalue weighted by Crippen LogP contribution is 2.29. The van der Waals surface area contributed by atoms with Gasteiger partial charge in [0.2, 0.25) is 0 Å². The largest absolute Gasteiger partial charge is 0.397 e. The SMILES string of the molecule is CCC(COC)Nc1cc(N)c(C(N)=O)s1. The van der Waals surface area contributed by atoms with Crippen LogP contribution in [0.15, 0.2) is 6.07 Å². The summed E-state index contributed by atoms with van der Waals surface area (Å²) >= 11 is 1.27. The Morgan fingerprint density at radius 1 is 1.69 bits per heavy atom. The zero-order valence-corrected chi connectivity index (χ0v) is 10.3. The Labute approximate surface area is 98.8 Å². The van der Waals surface area contributed by atoms with Crippen molar-refractivity contribution in [1.29, 1.82) is 0 Å². The quantitative estimate of drug-likeness (QED) is 0.701. The summed E-state index contributed by atoms with van der Waals surface area (Å²) in [7, 11) is 1.65. The third kappa shape index (κ3) is 3.11. The lowest BCUT2D eigenvalue weighted by Crippen LogP contribution is -2.23. The van der Waals surface area contributed by atoms with Crippen LogP contribution >= 0.6 is 11.3 Å². The standard InChI is InChI=1S/C10H17N3O2S/c1-3-6(5-15-2)13-8-4-7(11)9(16-8)10(12)14/h4,6,13H,3,5,11H2,1-2H3,(H2,12,14). The van der Waals surface area contributed by atoms with Gasteiger partial charge in [0.05, 0.1) is 17.3 Å². The maximum Gasteiger partial charge on any atom is 0.260 e. The minimum atomic E-state index is -0.490. The number of ether oxygens (including phenoxy) is 1. The molecule has 0 saturated heterocycles. The van der Waals surface area contributed by atoms with Crippen molar-refractivity contribution in [3.63, 3.8) is 0 Å². The topological polar surface area (TPSA) is 90.4 Å². The molecule has 1 aromatic rings. The van der Waals surface area contributed by atoms with Crippen molar-refractivity contribution in [3.05, 3.63) is 10.9 Å². The predicted octanol–water partition coefficient (Wildman–Crippen LogP) is 1.27. The zero-order chi connectivity index (χ0) is 12.1. The molecule has 1 amide bonds. The number of primary amides is 1. The van der Waals surface area contributed by atoms with Crippen LogP contribution in [0.2, 0.25) is 0 Å². The molecule has 1 rings (SSSR count). The Hall–Kier alpha value is -1.27. The van der Waals surface area contributed by atoms with Crippen molar-refractivity contribution in [3.8, 4) is 0 Å². The van der Waals surface area contributed by atoms with Gasteiger partial charge in [0.1, 0.15) is 4.88 Å². The highest BCUT2D eigenvalue weighted by molar-refractivity contribution is 7.18. The van der Waals surface area contributed by atoms with E-state index in [1.54, 1.807) is 13.2 Å².